The third-order valence-electron chi connectivity index (χ3n) is 2.92. The van der Waals surface area contributed by atoms with Gasteiger partial charge in [-0.3, -0.25) is 4.79 Å². The number of amides is 1. The predicted octanol–water partition coefficient (Wildman–Crippen LogP) is 1.97. The van der Waals surface area contributed by atoms with Crippen LogP contribution in [0.15, 0.2) is 18.2 Å². The lowest BCUT2D eigenvalue weighted by atomic mass is 10.1. The summed E-state index contributed by atoms with van der Waals surface area (Å²) in [4.78, 5) is 23.5. The average Bonchev–Trinajstić information content (AvgIpc) is 2.44. The molecule has 4 nitrogen and oxygen atoms in total. The first-order chi connectivity index (χ1) is 10.5. The topological polar surface area (TPSA) is 55.4 Å². The van der Waals surface area contributed by atoms with Crippen LogP contribution >= 0.6 is 0 Å². The molecule has 0 spiro atoms. The fourth-order valence-corrected chi connectivity index (χ4v) is 1.94. The molecule has 0 radical (unpaired) electrons. The molecule has 0 heterocycles. The number of benzene rings is 1. The van der Waals surface area contributed by atoms with Crippen molar-refractivity contribution in [1.29, 1.82) is 0 Å². The Hall–Kier alpha value is -2.42. The van der Waals surface area contributed by atoms with Gasteiger partial charge in [0.05, 0.1) is 13.5 Å². The van der Waals surface area contributed by atoms with Crippen molar-refractivity contribution in [3.05, 3.63) is 35.4 Å². The van der Waals surface area contributed by atoms with E-state index in [0.29, 0.717) is 19.3 Å². The smallest absolute Gasteiger partial charge is 0.328 e. The summed E-state index contributed by atoms with van der Waals surface area (Å²) in [6.45, 7) is 0. The van der Waals surface area contributed by atoms with Gasteiger partial charge in [-0.15, -0.1) is 12.3 Å². The third-order valence-corrected chi connectivity index (χ3v) is 2.92. The van der Waals surface area contributed by atoms with Crippen molar-refractivity contribution in [1.82, 2.24) is 5.32 Å². The Balaban J connectivity index is 2.65. The SMILES string of the molecule is C#CCCC[C@H](NC(=O)Cc1cc(F)cc(F)c1)C(=O)OC. The first-order valence-electron chi connectivity index (χ1n) is 6.72. The molecular formula is C16H17F2NO3. The summed E-state index contributed by atoms with van der Waals surface area (Å²) >= 11 is 0. The summed E-state index contributed by atoms with van der Waals surface area (Å²) in [6.07, 6.45) is 6.24. The molecule has 1 aromatic carbocycles. The second kappa shape index (κ2) is 8.78. The van der Waals surface area contributed by atoms with E-state index in [9.17, 15) is 18.4 Å². The van der Waals surface area contributed by atoms with Crippen LogP contribution in [0.1, 0.15) is 24.8 Å². The Kier molecular flexibility index (Phi) is 7.03. The molecule has 0 aliphatic carbocycles. The minimum atomic E-state index is -0.829. The molecule has 0 aliphatic heterocycles. The number of carbonyl (C=O) groups excluding carboxylic acids is 2. The highest BCUT2D eigenvalue weighted by Crippen LogP contribution is 2.09. The second-order valence-corrected chi connectivity index (χ2v) is 4.69. The molecule has 1 atom stereocenters. The van der Waals surface area contributed by atoms with E-state index < -0.39 is 29.6 Å². The van der Waals surface area contributed by atoms with Gasteiger partial charge in [0, 0.05) is 12.5 Å². The number of esters is 1. The van der Waals surface area contributed by atoms with Crippen LogP contribution in [-0.4, -0.2) is 25.0 Å². The first-order valence-corrected chi connectivity index (χ1v) is 6.72. The summed E-state index contributed by atoms with van der Waals surface area (Å²) in [7, 11) is 1.21. The van der Waals surface area contributed by atoms with Crippen molar-refractivity contribution in [3.8, 4) is 12.3 Å². The number of methoxy groups -OCH3 is 1. The van der Waals surface area contributed by atoms with Crippen molar-refractivity contribution in [2.75, 3.05) is 7.11 Å². The van der Waals surface area contributed by atoms with Gasteiger partial charge in [-0.2, -0.15) is 0 Å². The van der Waals surface area contributed by atoms with Gasteiger partial charge in [0.15, 0.2) is 0 Å². The minimum absolute atomic E-state index is 0.183. The van der Waals surface area contributed by atoms with Gasteiger partial charge in [0.2, 0.25) is 5.91 Å². The number of hydrogen-bond donors (Lipinski definition) is 1. The Labute approximate surface area is 127 Å². The van der Waals surface area contributed by atoms with E-state index >= 15 is 0 Å². The zero-order chi connectivity index (χ0) is 16.5. The number of rotatable bonds is 7. The molecule has 1 N–H and O–H groups in total. The van der Waals surface area contributed by atoms with E-state index in [2.05, 4.69) is 16.0 Å². The average molecular weight is 309 g/mol. The summed E-state index contributed by atoms with van der Waals surface area (Å²) in [5, 5.41) is 2.49. The van der Waals surface area contributed by atoms with Crippen LogP contribution in [0.25, 0.3) is 0 Å². The Morgan fingerprint density at radius 1 is 1.32 bits per heavy atom. The Morgan fingerprint density at radius 3 is 2.50 bits per heavy atom. The molecule has 1 amide bonds. The number of terminal acetylenes is 1. The lowest BCUT2D eigenvalue weighted by molar-refractivity contribution is -0.145. The molecule has 0 aromatic heterocycles. The quantitative estimate of drug-likeness (QED) is 0.476. The summed E-state index contributed by atoms with van der Waals surface area (Å²) in [6, 6.07) is 2.02. The van der Waals surface area contributed by atoms with Crippen LogP contribution in [0.4, 0.5) is 8.78 Å². The fraction of sp³-hybridized carbons (Fsp3) is 0.375. The maximum atomic E-state index is 13.1. The third kappa shape index (κ3) is 5.92. The van der Waals surface area contributed by atoms with Crippen molar-refractivity contribution < 1.29 is 23.1 Å². The molecule has 0 saturated carbocycles. The maximum Gasteiger partial charge on any atom is 0.328 e. The first kappa shape index (κ1) is 17.6. The molecular weight excluding hydrogens is 292 g/mol. The van der Waals surface area contributed by atoms with Crippen molar-refractivity contribution in [3.63, 3.8) is 0 Å². The molecule has 118 valence electrons. The summed E-state index contributed by atoms with van der Waals surface area (Å²) in [5.74, 6) is -0.202. The number of halogens is 2. The summed E-state index contributed by atoms with van der Waals surface area (Å²) < 4.78 is 30.7. The Morgan fingerprint density at radius 2 is 1.95 bits per heavy atom. The van der Waals surface area contributed by atoms with Crippen LogP contribution in [0.3, 0.4) is 0 Å². The summed E-state index contributed by atoms with van der Waals surface area (Å²) in [5.41, 5.74) is 0.183. The van der Waals surface area contributed by atoms with Gasteiger partial charge in [-0.25, -0.2) is 13.6 Å². The van der Waals surface area contributed by atoms with E-state index in [1.807, 2.05) is 0 Å². The minimum Gasteiger partial charge on any atom is -0.467 e. The monoisotopic (exact) mass is 309 g/mol. The van der Waals surface area contributed by atoms with Crippen molar-refractivity contribution in [2.45, 2.75) is 31.7 Å². The number of carbonyl (C=O) groups is 2. The van der Waals surface area contributed by atoms with Gasteiger partial charge in [0.25, 0.3) is 0 Å². The van der Waals surface area contributed by atoms with E-state index in [0.717, 1.165) is 18.2 Å². The van der Waals surface area contributed by atoms with Crippen LogP contribution in [0.2, 0.25) is 0 Å². The van der Waals surface area contributed by atoms with E-state index in [4.69, 9.17) is 6.42 Å². The predicted molar refractivity (Wildman–Crippen MR) is 76.7 cm³/mol. The number of unbranched alkanes of at least 4 members (excludes halogenated alkanes) is 1. The highest BCUT2D eigenvalue weighted by Gasteiger charge is 2.21. The molecule has 0 saturated heterocycles. The van der Waals surface area contributed by atoms with Gasteiger partial charge in [-0.05, 0) is 30.5 Å². The highest BCUT2D eigenvalue weighted by molar-refractivity contribution is 5.85. The van der Waals surface area contributed by atoms with Gasteiger partial charge >= 0.3 is 5.97 Å². The fourth-order valence-electron chi connectivity index (χ4n) is 1.94. The molecule has 0 unspecified atom stereocenters. The molecule has 0 aliphatic rings. The molecule has 0 fully saturated rings. The molecule has 1 aromatic rings. The number of hydrogen-bond acceptors (Lipinski definition) is 3. The van der Waals surface area contributed by atoms with Crippen molar-refractivity contribution >= 4 is 11.9 Å². The zero-order valence-corrected chi connectivity index (χ0v) is 12.2. The standard InChI is InChI=1S/C16H17F2NO3/c1-3-4-5-6-14(16(21)22-2)19-15(20)9-11-7-12(17)10-13(18)8-11/h1,7-8,10,14H,4-6,9H2,2H3,(H,19,20)/t14-/m0/s1. The molecule has 6 heteroatoms. The van der Waals surface area contributed by atoms with Gasteiger partial charge in [-0.1, -0.05) is 0 Å². The second-order valence-electron chi connectivity index (χ2n) is 4.69. The highest BCUT2D eigenvalue weighted by atomic mass is 19.1. The van der Waals surface area contributed by atoms with E-state index in [1.54, 1.807) is 0 Å². The van der Waals surface area contributed by atoms with Crippen LogP contribution < -0.4 is 5.32 Å². The van der Waals surface area contributed by atoms with E-state index in [-0.39, 0.29) is 12.0 Å². The van der Waals surface area contributed by atoms with Crippen LogP contribution in [0, 0.1) is 24.0 Å². The lowest BCUT2D eigenvalue weighted by Gasteiger charge is -2.16. The maximum absolute atomic E-state index is 13.1. The van der Waals surface area contributed by atoms with Gasteiger partial charge in [0.1, 0.15) is 17.7 Å². The lowest BCUT2D eigenvalue weighted by Crippen LogP contribution is -2.42. The normalized spacial score (nSPS) is 11.4. The molecule has 1 rings (SSSR count). The van der Waals surface area contributed by atoms with E-state index in [1.165, 1.54) is 7.11 Å². The molecule has 0 bridgehead atoms. The zero-order valence-electron chi connectivity index (χ0n) is 12.2. The van der Waals surface area contributed by atoms with Gasteiger partial charge < -0.3 is 10.1 Å². The largest absolute Gasteiger partial charge is 0.467 e. The van der Waals surface area contributed by atoms with Crippen molar-refractivity contribution in [2.24, 2.45) is 0 Å². The van der Waals surface area contributed by atoms with Crippen LogP contribution in [0.5, 0.6) is 0 Å². The molecule has 22 heavy (non-hydrogen) atoms. The number of nitrogens with one attached hydrogen (secondary N) is 1. The number of ether oxygens (including phenoxy) is 1. The van der Waals surface area contributed by atoms with Crippen LogP contribution in [-0.2, 0) is 20.7 Å². The Bertz CT molecular complexity index is 561.